The zero-order valence-corrected chi connectivity index (χ0v) is 13.4. The Balaban J connectivity index is 1.72. The minimum Gasteiger partial charge on any atom is -0.369 e. The summed E-state index contributed by atoms with van der Waals surface area (Å²) in [6.07, 6.45) is 2.33. The molecule has 1 atom stereocenters. The number of nitrogen functional groups attached to an aromatic ring is 1. The zero-order chi connectivity index (χ0) is 16.5. The third-order valence-electron chi connectivity index (χ3n) is 4.64. The number of nitrogens with two attached hydrogens (primary N) is 1. The van der Waals surface area contributed by atoms with Crippen LogP contribution in [0.1, 0.15) is 28.8 Å². The molecule has 0 saturated carbocycles. The number of nitrogens with one attached hydrogen (secondary N) is 1. The van der Waals surface area contributed by atoms with Crippen LogP contribution in [0, 0.1) is 0 Å². The fraction of sp³-hybridized carbons (Fsp3) is 0.263. The zero-order valence-electron chi connectivity index (χ0n) is 13.4. The van der Waals surface area contributed by atoms with Crippen LogP contribution in [0.25, 0.3) is 11.0 Å². The molecular weight excluding hydrogens is 300 g/mol. The van der Waals surface area contributed by atoms with Crippen LogP contribution >= 0.6 is 0 Å². The van der Waals surface area contributed by atoms with E-state index in [0.29, 0.717) is 23.1 Å². The third-order valence-corrected chi connectivity index (χ3v) is 4.64. The molecule has 4 rings (SSSR count). The Labute approximate surface area is 140 Å². The van der Waals surface area contributed by atoms with Crippen LogP contribution in [0.2, 0.25) is 0 Å². The number of hydrogen-bond donors (Lipinski definition) is 2. The Morgan fingerprint density at radius 2 is 2.04 bits per heavy atom. The topological polar surface area (TPSA) is 72.9 Å². The number of aromatic nitrogens is 2. The molecule has 0 aliphatic carbocycles. The molecule has 0 unspecified atom stereocenters. The van der Waals surface area contributed by atoms with Crippen molar-refractivity contribution in [3.63, 3.8) is 0 Å². The van der Waals surface area contributed by atoms with Crippen LogP contribution in [0.3, 0.4) is 0 Å². The van der Waals surface area contributed by atoms with Gasteiger partial charge in [-0.05, 0) is 37.6 Å². The predicted molar refractivity (Wildman–Crippen MR) is 95.0 cm³/mol. The predicted octanol–water partition coefficient (Wildman–Crippen LogP) is 2.60. The highest BCUT2D eigenvalue weighted by Gasteiger charge is 2.19. The number of nitrogens with zero attached hydrogens (tertiary/aromatic N) is 2. The van der Waals surface area contributed by atoms with Gasteiger partial charge in [-0.15, -0.1) is 0 Å². The molecule has 1 saturated heterocycles. The molecule has 5 heteroatoms. The van der Waals surface area contributed by atoms with Crippen molar-refractivity contribution in [2.75, 3.05) is 12.3 Å². The van der Waals surface area contributed by atoms with Gasteiger partial charge in [-0.3, -0.25) is 4.79 Å². The first kappa shape index (κ1) is 14.9. The van der Waals surface area contributed by atoms with E-state index >= 15 is 0 Å². The number of rotatable bonds is 4. The van der Waals surface area contributed by atoms with Crippen LogP contribution in [0.5, 0.6) is 0 Å². The summed E-state index contributed by atoms with van der Waals surface area (Å²) in [6, 6.07) is 15.3. The third kappa shape index (κ3) is 2.67. The number of carbonyl (C=O) groups excluding carboxylic acids is 1. The molecule has 5 nitrogen and oxygen atoms in total. The maximum atomic E-state index is 12.7. The van der Waals surface area contributed by atoms with Crippen molar-refractivity contribution in [2.45, 2.75) is 25.4 Å². The summed E-state index contributed by atoms with van der Waals surface area (Å²) in [7, 11) is 0. The summed E-state index contributed by atoms with van der Waals surface area (Å²) in [5.74, 6) is 0.519. The number of fused-ring (bicyclic) bond motifs is 1. The highest BCUT2D eigenvalue weighted by molar-refractivity contribution is 6.10. The fourth-order valence-electron chi connectivity index (χ4n) is 3.36. The van der Waals surface area contributed by atoms with E-state index in [1.54, 1.807) is 0 Å². The second-order valence-corrected chi connectivity index (χ2v) is 6.27. The Morgan fingerprint density at radius 1 is 1.21 bits per heavy atom. The standard InChI is InChI=1S/C19H20N4O/c20-19-22-16-9-8-14(18(24)13-5-2-1-3-6-13)11-17(16)23(19)12-15-7-4-10-21-15/h1-3,5-6,8-9,11,15,21H,4,7,10,12H2,(H2,20,22)/t15-/m1/s1. The van der Waals surface area contributed by atoms with E-state index in [-0.39, 0.29) is 5.78 Å². The van der Waals surface area contributed by atoms with Crippen LogP contribution in [0.4, 0.5) is 5.95 Å². The van der Waals surface area contributed by atoms with Crippen molar-refractivity contribution in [2.24, 2.45) is 0 Å². The minimum absolute atomic E-state index is 0.0165. The average molecular weight is 320 g/mol. The summed E-state index contributed by atoms with van der Waals surface area (Å²) < 4.78 is 2.01. The molecule has 122 valence electrons. The van der Waals surface area contributed by atoms with Crippen molar-refractivity contribution in [3.8, 4) is 0 Å². The molecule has 1 aliphatic heterocycles. The number of carbonyl (C=O) groups is 1. The molecule has 0 amide bonds. The molecular formula is C19H20N4O. The Morgan fingerprint density at radius 3 is 2.79 bits per heavy atom. The Kier molecular flexibility index (Phi) is 3.78. The molecule has 2 heterocycles. The molecule has 0 radical (unpaired) electrons. The van der Waals surface area contributed by atoms with Gasteiger partial charge in [-0.1, -0.05) is 30.3 Å². The van der Waals surface area contributed by atoms with Gasteiger partial charge < -0.3 is 15.6 Å². The lowest BCUT2D eigenvalue weighted by atomic mass is 10.0. The maximum absolute atomic E-state index is 12.7. The van der Waals surface area contributed by atoms with E-state index in [9.17, 15) is 4.79 Å². The lowest BCUT2D eigenvalue weighted by molar-refractivity contribution is 0.103. The van der Waals surface area contributed by atoms with E-state index in [4.69, 9.17) is 5.73 Å². The quantitative estimate of drug-likeness (QED) is 0.725. The normalized spacial score (nSPS) is 17.4. The summed E-state index contributed by atoms with van der Waals surface area (Å²) in [5, 5.41) is 3.48. The summed E-state index contributed by atoms with van der Waals surface area (Å²) in [5.41, 5.74) is 9.21. The summed E-state index contributed by atoms with van der Waals surface area (Å²) >= 11 is 0. The Hall–Kier alpha value is -2.66. The number of hydrogen-bond acceptors (Lipinski definition) is 4. The first-order valence-corrected chi connectivity index (χ1v) is 8.31. The van der Waals surface area contributed by atoms with Gasteiger partial charge in [0, 0.05) is 23.7 Å². The highest BCUT2D eigenvalue weighted by atomic mass is 16.1. The minimum atomic E-state index is 0.0165. The van der Waals surface area contributed by atoms with E-state index in [1.165, 1.54) is 6.42 Å². The molecule has 1 aliphatic rings. The second kappa shape index (κ2) is 6.09. The average Bonchev–Trinajstić information content (AvgIpc) is 3.23. The molecule has 3 N–H and O–H groups in total. The number of imidazole rings is 1. The van der Waals surface area contributed by atoms with Crippen molar-refractivity contribution in [1.82, 2.24) is 14.9 Å². The second-order valence-electron chi connectivity index (χ2n) is 6.27. The van der Waals surface area contributed by atoms with Gasteiger partial charge in [0.15, 0.2) is 5.78 Å². The number of ketones is 1. The Bertz CT molecular complexity index is 879. The molecule has 24 heavy (non-hydrogen) atoms. The SMILES string of the molecule is Nc1nc2ccc(C(=O)c3ccccc3)cc2n1C[C@H]1CCCN1. The van der Waals surface area contributed by atoms with E-state index < -0.39 is 0 Å². The van der Waals surface area contributed by atoms with Crippen molar-refractivity contribution in [3.05, 3.63) is 59.7 Å². The lowest BCUT2D eigenvalue weighted by Gasteiger charge is -2.13. The summed E-state index contributed by atoms with van der Waals surface area (Å²) in [4.78, 5) is 17.1. The molecule has 1 aromatic heterocycles. The number of anilines is 1. The van der Waals surface area contributed by atoms with E-state index in [1.807, 2.05) is 53.1 Å². The van der Waals surface area contributed by atoms with Gasteiger partial charge in [-0.25, -0.2) is 4.98 Å². The van der Waals surface area contributed by atoms with Gasteiger partial charge in [0.25, 0.3) is 0 Å². The molecule has 3 aromatic rings. The molecule has 0 bridgehead atoms. The lowest BCUT2D eigenvalue weighted by Crippen LogP contribution is -2.27. The van der Waals surface area contributed by atoms with Gasteiger partial charge in [0.2, 0.25) is 5.95 Å². The summed E-state index contributed by atoms with van der Waals surface area (Å²) in [6.45, 7) is 1.83. The van der Waals surface area contributed by atoms with Crippen molar-refractivity contribution >= 4 is 22.8 Å². The number of benzene rings is 2. The van der Waals surface area contributed by atoms with Crippen LogP contribution in [0.15, 0.2) is 48.5 Å². The van der Waals surface area contributed by atoms with Crippen LogP contribution in [-0.2, 0) is 6.54 Å². The smallest absolute Gasteiger partial charge is 0.201 e. The molecule has 0 spiro atoms. The largest absolute Gasteiger partial charge is 0.369 e. The first-order chi connectivity index (χ1) is 11.7. The van der Waals surface area contributed by atoms with Gasteiger partial charge in [0.1, 0.15) is 0 Å². The van der Waals surface area contributed by atoms with Crippen molar-refractivity contribution in [1.29, 1.82) is 0 Å². The fourth-order valence-corrected chi connectivity index (χ4v) is 3.36. The molecule has 2 aromatic carbocycles. The van der Waals surface area contributed by atoms with Crippen LogP contribution in [-0.4, -0.2) is 27.9 Å². The van der Waals surface area contributed by atoms with Gasteiger partial charge >= 0.3 is 0 Å². The first-order valence-electron chi connectivity index (χ1n) is 8.31. The van der Waals surface area contributed by atoms with Crippen LogP contribution < -0.4 is 11.1 Å². The maximum Gasteiger partial charge on any atom is 0.201 e. The highest BCUT2D eigenvalue weighted by Crippen LogP contribution is 2.22. The van der Waals surface area contributed by atoms with Crippen molar-refractivity contribution < 1.29 is 4.79 Å². The molecule has 1 fully saturated rings. The van der Waals surface area contributed by atoms with Gasteiger partial charge in [0.05, 0.1) is 11.0 Å². The van der Waals surface area contributed by atoms with E-state index in [0.717, 1.165) is 30.5 Å². The van der Waals surface area contributed by atoms with E-state index in [2.05, 4.69) is 10.3 Å². The monoisotopic (exact) mass is 320 g/mol. The van der Waals surface area contributed by atoms with Gasteiger partial charge in [-0.2, -0.15) is 0 Å².